The molecule has 0 amide bonds. The van der Waals surface area contributed by atoms with Gasteiger partial charge in [0, 0.05) is 4.90 Å². The number of nitrogens with one attached hydrogen (secondary N) is 1. The van der Waals surface area contributed by atoms with Gasteiger partial charge >= 0.3 is 5.97 Å². The van der Waals surface area contributed by atoms with Gasteiger partial charge in [0.15, 0.2) is 0 Å². The van der Waals surface area contributed by atoms with Crippen molar-refractivity contribution in [3.05, 3.63) is 46.5 Å². The van der Waals surface area contributed by atoms with Crippen LogP contribution in [0.2, 0.25) is 0 Å². The first-order valence-electron chi connectivity index (χ1n) is 4.93. The van der Waals surface area contributed by atoms with Crippen molar-refractivity contribution in [2.75, 3.05) is 5.73 Å². The fraction of sp³-hybridized carbons (Fsp3) is 0. The van der Waals surface area contributed by atoms with Crippen LogP contribution in [0.25, 0.3) is 0 Å². The first-order chi connectivity index (χ1) is 8.59. The second-order valence-electron chi connectivity index (χ2n) is 3.35. The van der Waals surface area contributed by atoms with Crippen LogP contribution in [0.3, 0.4) is 0 Å². The molecule has 18 heavy (non-hydrogen) atoms. The number of rotatable bonds is 3. The highest BCUT2D eigenvalue weighted by Gasteiger charge is 2.13. The van der Waals surface area contributed by atoms with Crippen LogP contribution in [0, 0.1) is 0 Å². The van der Waals surface area contributed by atoms with Gasteiger partial charge in [0.1, 0.15) is 10.7 Å². The Morgan fingerprint density at radius 1 is 1.39 bits per heavy atom. The molecule has 0 aliphatic rings. The Bertz CT molecular complexity index is 654. The molecule has 4 N–H and O–H groups in total. The predicted molar refractivity (Wildman–Crippen MR) is 66.8 cm³/mol. The van der Waals surface area contributed by atoms with E-state index in [1.165, 1.54) is 12.4 Å². The maximum atomic E-state index is 11.3. The number of anilines is 1. The molecule has 1 aromatic carbocycles. The topological polar surface area (TPSA) is 109 Å². The number of nitrogen functional groups attached to an aromatic ring is 1. The van der Waals surface area contributed by atoms with Gasteiger partial charge in [-0.15, -0.1) is 0 Å². The van der Waals surface area contributed by atoms with Crippen LogP contribution < -0.4 is 11.3 Å². The Kier molecular flexibility index (Phi) is 3.33. The molecule has 0 saturated carbocycles. The number of carboxylic acid groups (broad SMARTS) is 1. The standard InChI is InChI=1S/C11H9N3O3S/c12-8-9(15)13-5-14-10(8)18-7-4-2-1-3-6(7)11(16)17/h1-5H,12H2,(H,16,17)(H,13,14,15). The van der Waals surface area contributed by atoms with E-state index in [0.717, 1.165) is 11.8 Å². The van der Waals surface area contributed by atoms with E-state index in [1.54, 1.807) is 18.2 Å². The number of aromatic nitrogens is 2. The van der Waals surface area contributed by atoms with Gasteiger partial charge in [0.05, 0.1) is 11.9 Å². The number of aromatic carboxylic acids is 1. The third-order valence-corrected chi connectivity index (χ3v) is 3.27. The fourth-order valence-electron chi connectivity index (χ4n) is 1.31. The first-order valence-corrected chi connectivity index (χ1v) is 5.74. The van der Waals surface area contributed by atoms with Gasteiger partial charge in [-0.3, -0.25) is 4.79 Å². The molecule has 92 valence electrons. The molecule has 0 aliphatic carbocycles. The molecule has 0 spiro atoms. The first kappa shape index (κ1) is 12.2. The lowest BCUT2D eigenvalue weighted by Gasteiger charge is -2.05. The summed E-state index contributed by atoms with van der Waals surface area (Å²) in [6, 6.07) is 6.45. The molecule has 2 aromatic rings. The van der Waals surface area contributed by atoms with Crippen LogP contribution in [0.15, 0.2) is 45.3 Å². The summed E-state index contributed by atoms with van der Waals surface area (Å²) >= 11 is 1.05. The van der Waals surface area contributed by atoms with Gasteiger partial charge in [-0.05, 0) is 12.1 Å². The summed E-state index contributed by atoms with van der Waals surface area (Å²) in [5, 5.41) is 9.32. The third kappa shape index (κ3) is 2.35. The van der Waals surface area contributed by atoms with Crippen molar-refractivity contribution in [2.24, 2.45) is 0 Å². The minimum Gasteiger partial charge on any atom is -0.478 e. The minimum absolute atomic E-state index is 0.0253. The molecule has 1 heterocycles. The second-order valence-corrected chi connectivity index (χ2v) is 4.38. The monoisotopic (exact) mass is 263 g/mol. The van der Waals surface area contributed by atoms with Gasteiger partial charge in [0.25, 0.3) is 5.56 Å². The molecular formula is C11H9N3O3S. The van der Waals surface area contributed by atoms with E-state index >= 15 is 0 Å². The molecule has 0 saturated heterocycles. The maximum absolute atomic E-state index is 11.3. The smallest absolute Gasteiger partial charge is 0.336 e. The molecule has 7 heteroatoms. The van der Waals surface area contributed by atoms with Gasteiger partial charge in [0.2, 0.25) is 0 Å². The number of hydrogen-bond acceptors (Lipinski definition) is 5. The van der Waals surface area contributed by atoms with Gasteiger partial charge in [-0.2, -0.15) is 0 Å². The molecule has 6 nitrogen and oxygen atoms in total. The Hall–Kier alpha value is -2.28. The van der Waals surface area contributed by atoms with Crippen molar-refractivity contribution in [3.63, 3.8) is 0 Å². The molecule has 2 rings (SSSR count). The normalized spacial score (nSPS) is 10.2. The number of aromatic amines is 1. The van der Waals surface area contributed by atoms with Gasteiger partial charge in [-0.25, -0.2) is 9.78 Å². The maximum Gasteiger partial charge on any atom is 0.336 e. The number of nitrogens with zero attached hydrogens (tertiary/aromatic N) is 1. The Labute approximate surface area is 106 Å². The highest BCUT2D eigenvalue weighted by molar-refractivity contribution is 7.99. The molecule has 0 atom stereocenters. The number of carboxylic acids is 1. The predicted octanol–water partition coefficient (Wildman–Crippen LogP) is 1.20. The van der Waals surface area contributed by atoms with Crippen LogP contribution in [0.5, 0.6) is 0 Å². The van der Waals surface area contributed by atoms with Crippen molar-refractivity contribution < 1.29 is 9.90 Å². The number of hydrogen-bond donors (Lipinski definition) is 3. The van der Waals surface area contributed by atoms with Crippen LogP contribution in [-0.2, 0) is 0 Å². The van der Waals surface area contributed by atoms with Crippen LogP contribution >= 0.6 is 11.8 Å². The highest BCUT2D eigenvalue weighted by Crippen LogP contribution is 2.30. The largest absolute Gasteiger partial charge is 0.478 e. The van der Waals surface area contributed by atoms with E-state index in [-0.39, 0.29) is 16.3 Å². The lowest BCUT2D eigenvalue weighted by Crippen LogP contribution is -2.13. The second kappa shape index (κ2) is 4.92. The summed E-state index contributed by atoms with van der Waals surface area (Å²) in [6.45, 7) is 0. The molecule has 0 unspecified atom stereocenters. The van der Waals surface area contributed by atoms with Crippen molar-refractivity contribution >= 4 is 23.4 Å². The average molecular weight is 263 g/mol. The highest BCUT2D eigenvalue weighted by atomic mass is 32.2. The SMILES string of the molecule is Nc1c(Sc2ccccc2C(=O)O)nc[nH]c1=O. The lowest BCUT2D eigenvalue weighted by molar-refractivity contribution is 0.0693. The van der Waals surface area contributed by atoms with Crippen molar-refractivity contribution in [2.45, 2.75) is 9.92 Å². The van der Waals surface area contributed by atoms with Gasteiger partial charge in [-0.1, -0.05) is 23.9 Å². The molecule has 0 aliphatic heterocycles. The summed E-state index contributed by atoms with van der Waals surface area (Å²) in [6.07, 6.45) is 1.23. The molecular weight excluding hydrogens is 254 g/mol. The Morgan fingerprint density at radius 3 is 2.83 bits per heavy atom. The number of benzene rings is 1. The zero-order valence-corrected chi connectivity index (χ0v) is 9.90. The van der Waals surface area contributed by atoms with Gasteiger partial charge < -0.3 is 15.8 Å². The van der Waals surface area contributed by atoms with E-state index < -0.39 is 11.5 Å². The number of nitrogens with two attached hydrogens (primary N) is 1. The fourth-order valence-corrected chi connectivity index (χ4v) is 2.24. The molecule has 0 bridgehead atoms. The Balaban J connectivity index is 2.43. The summed E-state index contributed by atoms with van der Waals surface area (Å²) in [5.41, 5.74) is 5.26. The Morgan fingerprint density at radius 2 is 2.11 bits per heavy atom. The van der Waals surface area contributed by atoms with Crippen molar-refractivity contribution in [1.29, 1.82) is 0 Å². The van der Waals surface area contributed by atoms with E-state index in [1.807, 2.05) is 0 Å². The van der Waals surface area contributed by atoms with E-state index in [0.29, 0.717) is 4.90 Å². The molecule has 0 radical (unpaired) electrons. The van der Waals surface area contributed by atoms with E-state index in [9.17, 15) is 9.59 Å². The average Bonchev–Trinajstić information content (AvgIpc) is 2.35. The summed E-state index contributed by atoms with van der Waals surface area (Å²) in [7, 11) is 0. The summed E-state index contributed by atoms with van der Waals surface area (Å²) < 4.78 is 0. The summed E-state index contributed by atoms with van der Waals surface area (Å²) in [5.74, 6) is -1.04. The number of carbonyl (C=O) groups is 1. The number of H-pyrrole nitrogens is 1. The zero-order valence-electron chi connectivity index (χ0n) is 9.08. The van der Waals surface area contributed by atoms with E-state index in [2.05, 4.69) is 9.97 Å². The summed E-state index contributed by atoms with van der Waals surface area (Å²) in [4.78, 5) is 29.1. The van der Waals surface area contributed by atoms with Crippen molar-refractivity contribution in [1.82, 2.24) is 9.97 Å². The molecule has 0 fully saturated rings. The van der Waals surface area contributed by atoms with Crippen LogP contribution in [-0.4, -0.2) is 21.0 Å². The van der Waals surface area contributed by atoms with Crippen LogP contribution in [0.1, 0.15) is 10.4 Å². The molecule has 1 aromatic heterocycles. The lowest BCUT2D eigenvalue weighted by atomic mass is 10.2. The third-order valence-electron chi connectivity index (χ3n) is 2.18. The quantitative estimate of drug-likeness (QED) is 0.718. The minimum atomic E-state index is -1.04. The van der Waals surface area contributed by atoms with E-state index in [4.69, 9.17) is 10.8 Å². The van der Waals surface area contributed by atoms with Crippen molar-refractivity contribution in [3.8, 4) is 0 Å². The van der Waals surface area contributed by atoms with Crippen LogP contribution in [0.4, 0.5) is 5.69 Å². The zero-order chi connectivity index (χ0) is 13.1.